The van der Waals surface area contributed by atoms with Gasteiger partial charge in [-0.3, -0.25) is 9.59 Å². The molecule has 28 heavy (non-hydrogen) atoms. The zero-order valence-corrected chi connectivity index (χ0v) is 15.8. The van der Waals surface area contributed by atoms with Gasteiger partial charge in [-0.15, -0.1) is 0 Å². The van der Waals surface area contributed by atoms with Crippen molar-refractivity contribution in [3.8, 4) is 11.5 Å². The van der Waals surface area contributed by atoms with Gasteiger partial charge in [0, 0.05) is 17.5 Å². The van der Waals surface area contributed by atoms with E-state index in [1.54, 1.807) is 56.5 Å². The number of amides is 1. The fourth-order valence-electron chi connectivity index (χ4n) is 2.84. The summed E-state index contributed by atoms with van der Waals surface area (Å²) in [6, 6.07) is 12.2. The van der Waals surface area contributed by atoms with E-state index in [0.29, 0.717) is 34.4 Å². The molecule has 2 aromatic carbocycles. The van der Waals surface area contributed by atoms with Crippen molar-refractivity contribution in [3.63, 3.8) is 0 Å². The summed E-state index contributed by atoms with van der Waals surface area (Å²) in [4.78, 5) is 25.0. The number of aromatic nitrogens is 2. The first-order valence-corrected chi connectivity index (χ1v) is 8.65. The van der Waals surface area contributed by atoms with Gasteiger partial charge < -0.3 is 9.47 Å². The highest BCUT2D eigenvalue weighted by atomic mass is 16.5. The summed E-state index contributed by atoms with van der Waals surface area (Å²) >= 11 is 0. The van der Waals surface area contributed by atoms with E-state index >= 15 is 0 Å². The van der Waals surface area contributed by atoms with E-state index in [1.165, 1.54) is 18.0 Å². The lowest BCUT2D eigenvalue weighted by atomic mass is 10.1. The van der Waals surface area contributed by atoms with Crippen LogP contribution in [0.5, 0.6) is 11.5 Å². The summed E-state index contributed by atoms with van der Waals surface area (Å²) in [6.45, 7) is 2.15. The van der Waals surface area contributed by atoms with Crippen LogP contribution in [0.15, 0.2) is 52.4 Å². The summed E-state index contributed by atoms with van der Waals surface area (Å²) in [6.07, 6.45) is 1.46. The molecule has 3 rings (SSSR count). The van der Waals surface area contributed by atoms with Crippen molar-refractivity contribution in [2.24, 2.45) is 5.10 Å². The lowest BCUT2D eigenvalue weighted by Crippen LogP contribution is -2.28. The number of fused-ring (bicyclic) bond motifs is 1. The Labute approximate surface area is 161 Å². The van der Waals surface area contributed by atoms with Crippen LogP contribution in [0.25, 0.3) is 10.8 Å². The van der Waals surface area contributed by atoms with Gasteiger partial charge in [-0.05, 0) is 25.1 Å². The normalized spacial score (nSPS) is 11.0. The molecule has 144 valence electrons. The number of carbonyl (C=O) groups is 1. The third-order valence-electron chi connectivity index (χ3n) is 4.19. The number of carbonyl (C=O) groups excluding carboxylic acids is 1. The third kappa shape index (κ3) is 3.57. The zero-order valence-electron chi connectivity index (χ0n) is 15.8. The van der Waals surface area contributed by atoms with Gasteiger partial charge in [-0.2, -0.15) is 10.2 Å². The molecule has 0 spiro atoms. The van der Waals surface area contributed by atoms with Gasteiger partial charge in [0.1, 0.15) is 0 Å². The molecule has 0 aliphatic heterocycles. The lowest BCUT2D eigenvalue weighted by Gasteiger charge is -2.10. The molecule has 0 aliphatic carbocycles. The molecule has 8 nitrogen and oxygen atoms in total. The van der Waals surface area contributed by atoms with E-state index < -0.39 is 5.91 Å². The predicted molar refractivity (Wildman–Crippen MR) is 106 cm³/mol. The van der Waals surface area contributed by atoms with Crippen LogP contribution in [0.3, 0.4) is 0 Å². The maximum Gasteiger partial charge on any atom is 0.292 e. The maximum absolute atomic E-state index is 12.6. The largest absolute Gasteiger partial charge is 0.493 e. The van der Waals surface area contributed by atoms with Crippen molar-refractivity contribution in [2.45, 2.75) is 13.5 Å². The molecule has 1 amide bonds. The van der Waals surface area contributed by atoms with E-state index in [2.05, 4.69) is 15.6 Å². The quantitative estimate of drug-likeness (QED) is 0.523. The summed E-state index contributed by atoms with van der Waals surface area (Å²) in [7, 11) is 3.07. The highest BCUT2D eigenvalue weighted by molar-refractivity contribution is 6.05. The minimum atomic E-state index is -0.517. The van der Waals surface area contributed by atoms with E-state index in [1.807, 2.05) is 0 Å². The van der Waals surface area contributed by atoms with Crippen molar-refractivity contribution in [1.29, 1.82) is 0 Å². The first-order valence-electron chi connectivity index (χ1n) is 8.65. The average molecular weight is 380 g/mol. The van der Waals surface area contributed by atoms with Crippen LogP contribution in [0.2, 0.25) is 0 Å². The van der Waals surface area contributed by atoms with Gasteiger partial charge in [-0.1, -0.05) is 24.3 Å². The average Bonchev–Trinajstić information content (AvgIpc) is 2.73. The Balaban J connectivity index is 1.92. The number of nitrogens with one attached hydrogen (secondary N) is 1. The molecule has 0 saturated heterocycles. The molecule has 0 aliphatic rings. The molecular weight excluding hydrogens is 360 g/mol. The van der Waals surface area contributed by atoms with Gasteiger partial charge in [0.05, 0.1) is 25.8 Å². The Morgan fingerprint density at radius 2 is 1.89 bits per heavy atom. The molecule has 0 atom stereocenters. The van der Waals surface area contributed by atoms with Crippen LogP contribution >= 0.6 is 0 Å². The topological polar surface area (TPSA) is 94.8 Å². The Bertz CT molecular complexity index is 1110. The lowest BCUT2D eigenvalue weighted by molar-refractivity contribution is 0.0949. The van der Waals surface area contributed by atoms with Crippen molar-refractivity contribution in [3.05, 3.63) is 64.1 Å². The second kappa shape index (κ2) is 8.34. The second-order valence-corrected chi connectivity index (χ2v) is 5.80. The van der Waals surface area contributed by atoms with Gasteiger partial charge in [0.15, 0.2) is 17.2 Å². The minimum Gasteiger partial charge on any atom is -0.493 e. The number of hydrazone groups is 1. The number of hydrogen-bond donors (Lipinski definition) is 1. The van der Waals surface area contributed by atoms with E-state index in [9.17, 15) is 9.59 Å². The van der Waals surface area contributed by atoms with Gasteiger partial charge in [-0.25, -0.2) is 10.1 Å². The van der Waals surface area contributed by atoms with E-state index in [-0.39, 0.29) is 11.3 Å². The fourth-order valence-corrected chi connectivity index (χ4v) is 2.84. The number of ether oxygens (including phenoxy) is 2. The highest BCUT2D eigenvalue weighted by Gasteiger charge is 2.16. The summed E-state index contributed by atoms with van der Waals surface area (Å²) in [5.41, 5.74) is 2.99. The van der Waals surface area contributed by atoms with Crippen LogP contribution in [0.4, 0.5) is 0 Å². The van der Waals surface area contributed by atoms with Gasteiger partial charge in [0.25, 0.3) is 11.5 Å². The molecular formula is C20H20N4O4. The highest BCUT2D eigenvalue weighted by Crippen LogP contribution is 2.29. The molecule has 0 unspecified atom stereocenters. The standard InChI is InChI=1S/C20H20N4O4/c1-4-24-20(26)15-10-6-5-9-14(15)17(23-24)19(25)22-21-12-13-8-7-11-16(27-2)18(13)28-3/h5-12H,4H2,1-3H3,(H,22,25)/b21-12-. The fraction of sp³-hybridized carbons (Fsp3) is 0.200. The molecule has 0 bridgehead atoms. The Morgan fingerprint density at radius 1 is 1.14 bits per heavy atom. The molecule has 1 N–H and O–H groups in total. The Morgan fingerprint density at radius 3 is 2.57 bits per heavy atom. The number of benzene rings is 2. The van der Waals surface area contributed by atoms with Crippen molar-refractivity contribution < 1.29 is 14.3 Å². The monoisotopic (exact) mass is 380 g/mol. The Kier molecular flexibility index (Phi) is 5.69. The van der Waals surface area contributed by atoms with Crippen molar-refractivity contribution >= 4 is 22.9 Å². The summed E-state index contributed by atoms with van der Waals surface area (Å²) < 4.78 is 11.8. The molecule has 3 aromatic rings. The molecule has 1 aromatic heterocycles. The number of nitrogens with zero attached hydrogens (tertiary/aromatic N) is 3. The molecule has 0 radical (unpaired) electrons. The SMILES string of the molecule is CCn1nc(C(=O)N/N=C\c2cccc(OC)c2OC)c2ccccc2c1=O. The number of aryl methyl sites for hydroxylation is 1. The third-order valence-corrected chi connectivity index (χ3v) is 4.19. The molecule has 0 saturated carbocycles. The van der Waals surface area contributed by atoms with E-state index in [4.69, 9.17) is 9.47 Å². The van der Waals surface area contributed by atoms with Crippen LogP contribution in [-0.2, 0) is 6.54 Å². The number of methoxy groups -OCH3 is 2. The summed E-state index contributed by atoms with van der Waals surface area (Å²) in [5, 5.41) is 9.09. The first kappa shape index (κ1) is 19.1. The van der Waals surface area contributed by atoms with Crippen LogP contribution in [0.1, 0.15) is 23.0 Å². The smallest absolute Gasteiger partial charge is 0.292 e. The number of para-hydroxylation sites is 1. The van der Waals surface area contributed by atoms with E-state index in [0.717, 1.165) is 0 Å². The number of rotatable bonds is 6. The molecule has 0 fully saturated rings. The maximum atomic E-state index is 12.6. The Hall–Kier alpha value is -3.68. The first-order chi connectivity index (χ1) is 13.6. The zero-order chi connectivity index (χ0) is 20.1. The van der Waals surface area contributed by atoms with Gasteiger partial charge >= 0.3 is 0 Å². The van der Waals surface area contributed by atoms with Crippen LogP contribution in [-0.4, -0.2) is 36.1 Å². The molecule has 1 heterocycles. The van der Waals surface area contributed by atoms with Crippen molar-refractivity contribution in [2.75, 3.05) is 14.2 Å². The predicted octanol–water partition coefficient (Wildman–Crippen LogP) is 2.20. The van der Waals surface area contributed by atoms with Crippen LogP contribution in [0, 0.1) is 0 Å². The second-order valence-electron chi connectivity index (χ2n) is 5.80. The number of hydrogen-bond acceptors (Lipinski definition) is 6. The summed E-state index contributed by atoms with van der Waals surface area (Å²) in [5.74, 6) is 0.545. The van der Waals surface area contributed by atoms with Crippen LogP contribution < -0.4 is 20.5 Å². The minimum absolute atomic E-state index is 0.131. The van der Waals surface area contributed by atoms with Gasteiger partial charge in [0.2, 0.25) is 0 Å². The van der Waals surface area contributed by atoms with Crippen molar-refractivity contribution in [1.82, 2.24) is 15.2 Å². The molecule has 8 heteroatoms.